The topological polar surface area (TPSA) is 46.5 Å². The molecule has 27 heavy (non-hydrogen) atoms. The molecule has 0 spiro atoms. The van der Waals surface area contributed by atoms with Crippen molar-refractivity contribution in [2.45, 2.75) is 33.0 Å². The molecule has 3 nitrogen and oxygen atoms in total. The summed E-state index contributed by atoms with van der Waals surface area (Å²) in [5.41, 5.74) is 2.10. The number of halogens is 2. The number of hydrogen-bond donors (Lipinski definition) is 1. The highest BCUT2D eigenvalue weighted by Crippen LogP contribution is 2.35. The van der Waals surface area contributed by atoms with E-state index in [4.69, 9.17) is 4.74 Å². The molecule has 0 aliphatic carbocycles. The summed E-state index contributed by atoms with van der Waals surface area (Å²) in [6, 6.07) is 15.5. The van der Waals surface area contributed by atoms with Gasteiger partial charge in [-0.15, -0.1) is 0 Å². The lowest BCUT2D eigenvalue weighted by Crippen LogP contribution is -2.24. The number of ether oxygens (including phenoxy) is 1. The van der Waals surface area contributed by atoms with Crippen LogP contribution in [0, 0.1) is 0 Å². The van der Waals surface area contributed by atoms with Gasteiger partial charge in [0.1, 0.15) is 5.60 Å². The van der Waals surface area contributed by atoms with Gasteiger partial charge in [-0.2, -0.15) is 0 Å². The first-order valence-corrected chi connectivity index (χ1v) is 10.1. The molecule has 0 bridgehead atoms. The van der Waals surface area contributed by atoms with Gasteiger partial charge in [0, 0.05) is 8.95 Å². The van der Waals surface area contributed by atoms with E-state index in [1.807, 2.05) is 57.2 Å². The van der Waals surface area contributed by atoms with Gasteiger partial charge in [0.05, 0.1) is 12.2 Å². The van der Waals surface area contributed by atoms with Gasteiger partial charge >= 0.3 is 5.97 Å². The lowest BCUT2D eigenvalue weighted by atomic mass is 9.94. The molecular formula is C22H20Br2O3. The summed E-state index contributed by atoms with van der Waals surface area (Å²) in [7, 11) is 0. The lowest BCUT2D eigenvalue weighted by Gasteiger charge is -2.21. The SMILES string of the molecule is CC(C)(C)OC(=O)c1cccc(-c2ccc3c(Br)ccc(Br)c3c2)c1CO. The van der Waals surface area contributed by atoms with Gasteiger partial charge in [-0.05, 0) is 72.5 Å². The Bertz CT molecular complexity index is 1020. The van der Waals surface area contributed by atoms with E-state index >= 15 is 0 Å². The average molecular weight is 492 g/mol. The van der Waals surface area contributed by atoms with Crippen molar-refractivity contribution < 1.29 is 14.6 Å². The Morgan fingerprint density at radius 2 is 1.67 bits per heavy atom. The van der Waals surface area contributed by atoms with E-state index in [2.05, 4.69) is 37.9 Å². The van der Waals surface area contributed by atoms with E-state index < -0.39 is 11.6 Å². The van der Waals surface area contributed by atoms with Crippen LogP contribution in [0.4, 0.5) is 0 Å². The molecular weight excluding hydrogens is 472 g/mol. The fourth-order valence-electron chi connectivity index (χ4n) is 3.00. The predicted octanol–water partition coefficient (Wildman–Crippen LogP) is 6.48. The van der Waals surface area contributed by atoms with Gasteiger partial charge in [-0.3, -0.25) is 0 Å². The lowest BCUT2D eigenvalue weighted by molar-refractivity contribution is 0.00666. The minimum atomic E-state index is -0.597. The van der Waals surface area contributed by atoms with Crippen LogP contribution >= 0.6 is 31.9 Å². The second-order valence-corrected chi connectivity index (χ2v) is 8.99. The van der Waals surface area contributed by atoms with Crippen LogP contribution < -0.4 is 0 Å². The number of esters is 1. The molecule has 5 heteroatoms. The molecule has 0 atom stereocenters. The van der Waals surface area contributed by atoms with Crippen molar-refractivity contribution in [2.24, 2.45) is 0 Å². The Hall–Kier alpha value is -1.69. The molecule has 0 unspecified atom stereocenters. The molecule has 140 valence electrons. The molecule has 0 amide bonds. The second kappa shape index (κ2) is 7.74. The van der Waals surface area contributed by atoms with E-state index in [0.29, 0.717) is 11.1 Å². The Morgan fingerprint density at radius 3 is 2.30 bits per heavy atom. The van der Waals surface area contributed by atoms with E-state index in [9.17, 15) is 9.90 Å². The van der Waals surface area contributed by atoms with Crippen molar-refractivity contribution in [1.29, 1.82) is 0 Å². The minimum absolute atomic E-state index is 0.248. The van der Waals surface area contributed by atoms with Crippen molar-refractivity contribution in [1.82, 2.24) is 0 Å². The number of carbonyl (C=O) groups is 1. The second-order valence-electron chi connectivity index (χ2n) is 7.28. The minimum Gasteiger partial charge on any atom is -0.456 e. The summed E-state index contributed by atoms with van der Waals surface area (Å²) >= 11 is 7.18. The molecule has 0 heterocycles. The Kier molecular flexibility index (Phi) is 5.75. The van der Waals surface area contributed by atoms with Crippen molar-refractivity contribution in [3.8, 4) is 11.1 Å². The smallest absolute Gasteiger partial charge is 0.339 e. The fourth-order valence-corrected chi connectivity index (χ4v) is 3.93. The maximum Gasteiger partial charge on any atom is 0.339 e. The largest absolute Gasteiger partial charge is 0.456 e. The molecule has 3 aromatic rings. The van der Waals surface area contributed by atoms with Gasteiger partial charge in [-0.1, -0.05) is 56.1 Å². The van der Waals surface area contributed by atoms with E-state index in [0.717, 1.165) is 30.8 Å². The summed E-state index contributed by atoms with van der Waals surface area (Å²) in [4.78, 5) is 12.6. The van der Waals surface area contributed by atoms with E-state index in [-0.39, 0.29) is 6.61 Å². The number of aliphatic hydroxyl groups excluding tert-OH is 1. The van der Waals surface area contributed by atoms with Gasteiger partial charge in [-0.25, -0.2) is 4.79 Å². The number of rotatable bonds is 3. The van der Waals surface area contributed by atoms with Crippen LogP contribution in [0.2, 0.25) is 0 Å². The van der Waals surface area contributed by atoms with Crippen LogP contribution in [0.3, 0.4) is 0 Å². The molecule has 0 aliphatic heterocycles. The Labute approximate surface area is 175 Å². The standard InChI is InChI=1S/C22H20Br2O3/c1-22(2,3)27-21(26)16-6-4-5-14(18(16)12-25)13-7-8-15-17(11-13)20(24)10-9-19(15)23/h4-11,25H,12H2,1-3H3. The zero-order chi connectivity index (χ0) is 19.8. The van der Waals surface area contributed by atoms with E-state index in [1.165, 1.54) is 0 Å². The predicted molar refractivity (Wildman–Crippen MR) is 116 cm³/mol. The third kappa shape index (κ3) is 4.26. The van der Waals surface area contributed by atoms with Crippen molar-refractivity contribution in [3.63, 3.8) is 0 Å². The zero-order valence-corrected chi connectivity index (χ0v) is 18.5. The Balaban J connectivity index is 2.15. The van der Waals surface area contributed by atoms with Crippen LogP contribution in [0.15, 0.2) is 57.5 Å². The normalized spacial score (nSPS) is 11.6. The molecule has 0 fully saturated rings. The molecule has 0 radical (unpaired) electrons. The van der Waals surface area contributed by atoms with Gasteiger partial charge < -0.3 is 9.84 Å². The highest BCUT2D eigenvalue weighted by Gasteiger charge is 2.22. The maximum absolute atomic E-state index is 12.6. The molecule has 1 N–H and O–H groups in total. The van der Waals surface area contributed by atoms with Crippen LogP contribution in [0.5, 0.6) is 0 Å². The average Bonchev–Trinajstić information content (AvgIpc) is 2.62. The highest BCUT2D eigenvalue weighted by molar-refractivity contribution is 9.11. The van der Waals surface area contributed by atoms with Crippen molar-refractivity contribution >= 4 is 48.6 Å². The van der Waals surface area contributed by atoms with Crippen molar-refractivity contribution in [3.05, 3.63) is 68.6 Å². The van der Waals surface area contributed by atoms with Gasteiger partial charge in [0.25, 0.3) is 0 Å². The molecule has 3 aromatic carbocycles. The summed E-state index contributed by atoms with van der Waals surface area (Å²) in [5, 5.41) is 12.1. The van der Waals surface area contributed by atoms with Crippen LogP contribution in [-0.4, -0.2) is 16.7 Å². The van der Waals surface area contributed by atoms with Gasteiger partial charge in [0.15, 0.2) is 0 Å². The van der Waals surface area contributed by atoms with Crippen LogP contribution in [0.1, 0.15) is 36.7 Å². The summed E-state index contributed by atoms with van der Waals surface area (Å²) in [5.74, 6) is -0.432. The maximum atomic E-state index is 12.6. The van der Waals surface area contributed by atoms with E-state index in [1.54, 1.807) is 6.07 Å². The number of hydrogen-bond acceptors (Lipinski definition) is 3. The Morgan fingerprint density at radius 1 is 1.00 bits per heavy atom. The first-order valence-electron chi connectivity index (χ1n) is 8.55. The van der Waals surface area contributed by atoms with Gasteiger partial charge in [0.2, 0.25) is 0 Å². The third-order valence-corrected chi connectivity index (χ3v) is 5.56. The van der Waals surface area contributed by atoms with Crippen LogP contribution in [-0.2, 0) is 11.3 Å². The first kappa shape index (κ1) is 20.1. The van der Waals surface area contributed by atoms with Crippen molar-refractivity contribution in [2.75, 3.05) is 0 Å². The fraction of sp³-hybridized carbons (Fsp3) is 0.227. The highest BCUT2D eigenvalue weighted by atomic mass is 79.9. The number of aliphatic hydroxyl groups is 1. The van der Waals surface area contributed by atoms with Crippen LogP contribution in [0.25, 0.3) is 21.9 Å². The number of carbonyl (C=O) groups excluding carboxylic acids is 1. The molecule has 3 rings (SSSR count). The zero-order valence-electron chi connectivity index (χ0n) is 15.3. The molecule has 0 saturated heterocycles. The molecule has 0 aromatic heterocycles. The number of benzene rings is 3. The quantitative estimate of drug-likeness (QED) is 0.426. The third-order valence-electron chi connectivity index (χ3n) is 4.17. The first-order chi connectivity index (χ1) is 12.7. The summed E-state index contributed by atoms with van der Waals surface area (Å²) in [6.07, 6.45) is 0. The monoisotopic (exact) mass is 490 g/mol. The summed E-state index contributed by atoms with van der Waals surface area (Å²) in [6.45, 7) is 5.23. The number of fused-ring (bicyclic) bond motifs is 1. The molecule has 0 aliphatic rings. The summed E-state index contributed by atoms with van der Waals surface area (Å²) < 4.78 is 7.49. The molecule has 0 saturated carbocycles.